The molecular weight excluding hydrogens is 438 g/mol. The molecule has 32 heavy (non-hydrogen) atoms. The van der Waals surface area contributed by atoms with Gasteiger partial charge in [0.15, 0.2) is 11.5 Å². The molecule has 0 radical (unpaired) electrons. The molecule has 3 heterocycles. The van der Waals surface area contributed by atoms with Gasteiger partial charge in [-0.1, -0.05) is 11.6 Å². The van der Waals surface area contributed by atoms with Crippen LogP contribution in [0.5, 0.6) is 17.2 Å². The summed E-state index contributed by atoms with van der Waals surface area (Å²) in [4.78, 5) is 27.5. The molecule has 1 unspecified atom stereocenters. The normalized spacial score (nSPS) is 18.9. The minimum Gasteiger partial charge on any atom is -0.507 e. The Morgan fingerprint density at radius 2 is 1.94 bits per heavy atom. The maximum Gasteiger partial charge on any atom is 0.300 e. The van der Waals surface area contributed by atoms with Crippen molar-refractivity contribution in [3.8, 4) is 17.2 Å². The molecule has 9 heteroatoms. The summed E-state index contributed by atoms with van der Waals surface area (Å²) >= 11 is 6.29. The largest absolute Gasteiger partial charge is 0.507 e. The lowest BCUT2D eigenvalue weighted by Gasteiger charge is -2.23. The van der Waals surface area contributed by atoms with Crippen molar-refractivity contribution in [2.24, 2.45) is 0 Å². The molecule has 0 spiro atoms. The predicted octanol–water partition coefficient (Wildman–Crippen LogP) is 4.30. The number of methoxy groups -OCH3 is 1. The predicted molar refractivity (Wildman–Crippen MR) is 114 cm³/mol. The number of benzene rings is 2. The van der Waals surface area contributed by atoms with Crippen molar-refractivity contribution in [3.63, 3.8) is 0 Å². The fourth-order valence-corrected chi connectivity index (χ4v) is 4.01. The first-order chi connectivity index (χ1) is 15.5. The molecule has 8 nitrogen and oxygen atoms in total. The van der Waals surface area contributed by atoms with Crippen LogP contribution in [0.4, 0.5) is 5.69 Å². The van der Waals surface area contributed by atoms with Crippen LogP contribution in [-0.4, -0.2) is 30.7 Å². The fraction of sp³-hybridized carbons (Fsp3) is 0.130. The number of hydrogen-bond donors (Lipinski definition) is 1. The number of Topliss-reactive ketones (excluding diaryl/α,β-unsaturated/α-hetero) is 1. The van der Waals surface area contributed by atoms with E-state index in [0.717, 1.165) is 0 Å². The average molecular weight is 454 g/mol. The van der Waals surface area contributed by atoms with Crippen LogP contribution >= 0.6 is 11.6 Å². The van der Waals surface area contributed by atoms with Gasteiger partial charge in [-0.2, -0.15) is 0 Å². The minimum atomic E-state index is -1.02. The summed E-state index contributed by atoms with van der Waals surface area (Å²) in [5.74, 6) is -0.442. The number of ether oxygens (including phenoxy) is 3. The van der Waals surface area contributed by atoms with Gasteiger partial charge in [0.2, 0.25) is 6.79 Å². The van der Waals surface area contributed by atoms with E-state index < -0.39 is 23.5 Å². The Balaban J connectivity index is 1.70. The van der Waals surface area contributed by atoms with Gasteiger partial charge in [-0.15, -0.1) is 0 Å². The van der Waals surface area contributed by atoms with Gasteiger partial charge in [0.1, 0.15) is 23.3 Å². The van der Waals surface area contributed by atoms with Gasteiger partial charge in [-0.25, -0.2) is 0 Å². The molecule has 0 saturated carbocycles. The first kappa shape index (κ1) is 20.0. The molecule has 1 saturated heterocycles. The van der Waals surface area contributed by atoms with Crippen LogP contribution in [0, 0.1) is 0 Å². The van der Waals surface area contributed by atoms with Gasteiger partial charge in [0.25, 0.3) is 11.7 Å². The lowest BCUT2D eigenvalue weighted by Crippen LogP contribution is -2.29. The van der Waals surface area contributed by atoms with Crippen LogP contribution in [0.2, 0.25) is 5.02 Å². The summed E-state index contributed by atoms with van der Waals surface area (Å²) < 4.78 is 21.5. The van der Waals surface area contributed by atoms with E-state index in [1.807, 2.05) is 0 Å². The standard InChI is InChI=1S/C23H16ClNO7/c1-29-13-5-6-15(24)14(10-13)21(26)19-20(17-3-2-8-30-17)25(23(28)22(19)27)12-4-7-16-18(9-12)32-11-31-16/h2-10,20,26H,11H2,1H3/b21-19-. The third-order valence-corrected chi connectivity index (χ3v) is 5.65. The number of amides is 1. The van der Waals surface area contributed by atoms with E-state index in [9.17, 15) is 14.7 Å². The third kappa shape index (κ3) is 3.07. The lowest BCUT2D eigenvalue weighted by molar-refractivity contribution is -0.132. The molecule has 1 aromatic heterocycles. The Hall–Kier alpha value is -3.91. The van der Waals surface area contributed by atoms with E-state index in [1.165, 1.54) is 30.4 Å². The van der Waals surface area contributed by atoms with Crippen molar-refractivity contribution in [2.75, 3.05) is 18.8 Å². The van der Waals surface area contributed by atoms with E-state index >= 15 is 0 Å². The molecule has 3 aromatic rings. The monoisotopic (exact) mass is 453 g/mol. The maximum atomic E-state index is 13.1. The number of rotatable bonds is 4. The second-order valence-electron chi connectivity index (χ2n) is 7.07. The highest BCUT2D eigenvalue weighted by molar-refractivity contribution is 6.52. The zero-order valence-electron chi connectivity index (χ0n) is 16.7. The number of anilines is 1. The Kier molecular flexibility index (Phi) is 4.79. The maximum absolute atomic E-state index is 13.1. The molecule has 5 rings (SSSR count). The molecule has 162 valence electrons. The van der Waals surface area contributed by atoms with Crippen molar-refractivity contribution in [1.82, 2.24) is 0 Å². The molecule has 0 aliphatic carbocycles. The first-order valence-electron chi connectivity index (χ1n) is 9.57. The highest BCUT2D eigenvalue weighted by atomic mass is 35.5. The summed E-state index contributed by atoms with van der Waals surface area (Å²) in [5, 5.41) is 11.3. The molecule has 1 fully saturated rings. The molecule has 1 N–H and O–H groups in total. The zero-order valence-corrected chi connectivity index (χ0v) is 17.5. The minimum absolute atomic E-state index is 0.0631. The molecule has 2 aliphatic rings. The van der Waals surface area contributed by atoms with E-state index in [0.29, 0.717) is 28.7 Å². The number of furan rings is 1. The van der Waals surface area contributed by atoms with E-state index in [2.05, 4.69) is 0 Å². The van der Waals surface area contributed by atoms with Crippen molar-refractivity contribution in [1.29, 1.82) is 0 Å². The average Bonchev–Trinajstić information content (AvgIpc) is 3.54. The van der Waals surface area contributed by atoms with Crippen LogP contribution in [0.1, 0.15) is 17.4 Å². The molecule has 0 bridgehead atoms. The van der Waals surface area contributed by atoms with E-state index in [4.69, 9.17) is 30.2 Å². The van der Waals surface area contributed by atoms with Gasteiger partial charge < -0.3 is 23.7 Å². The highest BCUT2D eigenvalue weighted by Crippen LogP contribution is 2.45. The summed E-state index contributed by atoms with van der Waals surface area (Å²) in [7, 11) is 1.47. The Labute approximate surface area is 187 Å². The fourth-order valence-electron chi connectivity index (χ4n) is 3.81. The number of aliphatic hydroxyl groups is 1. The van der Waals surface area contributed by atoms with Gasteiger partial charge in [0.05, 0.1) is 24.0 Å². The SMILES string of the molecule is COc1ccc(Cl)c(/C(O)=C2/C(=O)C(=O)N(c3ccc4c(c3)OCO4)C2c2ccco2)c1. The number of carbonyl (C=O) groups excluding carboxylic acids is 2. The summed E-state index contributed by atoms with van der Waals surface area (Å²) in [5.41, 5.74) is 0.387. The summed E-state index contributed by atoms with van der Waals surface area (Å²) in [6.45, 7) is 0.0631. The summed E-state index contributed by atoms with van der Waals surface area (Å²) in [6, 6.07) is 11.8. The highest BCUT2D eigenvalue weighted by Gasteiger charge is 2.48. The molecule has 2 aliphatic heterocycles. The van der Waals surface area contributed by atoms with Crippen LogP contribution in [-0.2, 0) is 9.59 Å². The van der Waals surface area contributed by atoms with Crippen molar-refractivity contribution >= 4 is 34.7 Å². The van der Waals surface area contributed by atoms with Crippen molar-refractivity contribution in [3.05, 3.63) is 76.7 Å². The smallest absolute Gasteiger partial charge is 0.300 e. The number of ketones is 1. The van der Waals surface area contributed by atoms with Crippen LogP contribution in [0.15, 0.2) is 64.8 Å². The number of nitrogens with zero attached hydrogens (tertiary/aromatic N) is 1. The number of fused-ring (bicyclic) bond motifs is 1. The van der Waals surface area contributed by atoms with Gasteiger partial charge in [0, 0.05) is 17.3 Å². The van der Waals surface area contributed by atoms with E-state index in [-0.39, 0.29) is 23.0 Å². The zero-order chi connectivity index (χ0) is 22.4. The van der Waals surface area contributed by atoms with Gasteiger partial charge in [-0.3, -0.25) is 14.5 Å². The second kappa shape index (κ2) is 7.65. The van der Waals surface area contributed by atoms with Crippen molar-refractivity contribution < 1.29 is 33.3 Å². The molecule has 1 amide bonds. The van der Waals surface area contributed by atoms with Crippen LogP contribution in [0.25, 0.3) is 5.76 Å². The number of hydrogen-bond acceptors (Lipinski definition) is 7. The molecule has 2 aromatic carbocycles. The lowest BCUT2D eigenvalue weighted by atomic mass is 9.99. The van der Waals surface area contributed by atoms with Crippen LogP contribution in [0.3, 0.4) is 0 Å². The van der Waals surface area contributed by atoms with Crippen molar-refractivity contribution in [2.45, 2.75) is 6.04 Å². The topological polar surface area (TPSA) is 98.4 Å². The van der Waals surface area contributed by atoms with Gasteiger partial charge >= 0.3 is 0 Å². The Morgan fingerprint density at radius 3 is 2.69 bits per heavy atom. The summed E-state index contributed by atoms with van der Waals surface area (Å²) in [6.07, 6.45) is 1.42. The Bertz CT molecular complexity index is 1270. The van der Waals surface area contributed by atoms with Gasteiger partial charge in [-0.05, 0) is 42.5 Å². The Morgan fingerprint density at radius 1 is 1.12 bits per heavy atom. The third-order valence-electron chi connectivity index (χ3n) is 5.32. The van der Waals surface area contributed by atoms with Crippen LogP contribution < -0.4 is 19.1 Å². The first-order valence-corrected chi connectivity index (χ1v) is 9.95. The second-order valence-corrected chi connectivity index (χ2v) is 7.48. The molecular formula is C23H16ClNO7. The quantitative estimate of drug-likeness (QED) is 0.357. The molecule has 1 atom stereocenters. The number of halogens is 1. The van der Waals surface area contributed by atoms with E-state index in [1.54, 1.807) is 36.4 Å². The number of aliphatic hydroxyl groups excluding tert-OH is 1. The number of carbonyl (C=O) groups is 2.